The van der Waals surface area contributed by atoms with Crippen LogP contribution in [-0.2, 0) is 4.74 Å². The number of amides is 1. The Kier molecular flexibility index (Phi) is 7.11. The summed E-state index contributed by atoms with van der Waals surface area (Å²) in [5.41, 5.74) is 2.08. The number of pyridine rings is 1. The number of nitrogens with one attached hydrogen (secondary N) is 2. The third-order valence-electron chi connectivity index (χ3n) is 3.55. The number of hydrogen-bond acceptors (Lipinski definition) is 6. The second-order valence-corrected chi connectivity index (χ2v) is 5.91. The monoisotopic (exact) mass is 356 g/mol. The van der Waals surface area contributed by atoms with E-state index in [0.717, 1.165) is 6.54 Å². The maximum atomic E-state index is 12.2. The lowest BCUT2D eigenvalue weighted by Crippen LogP contribution is -2.31. The van der Waals surface area contributed by atoms with E-state index in [9.17, 15) is 9.59 Å². The van der Waals surface area contributed by atoms with E-state index in [4.69, 9.17) is 4.74 Å². The van der Waals surface area contributed by atoms with E-state index in [0.29, 0.717) is 35.7 Å². The van der Waals surface area contributed by atoms with Gasteiger partial charge in [-0.15, -0.1) is 0 Å². The van der Waals surface area contributed by atoms with Gasteiger partial charge in [0.25, 0.3) is 5.91 Å². The molecule has 0 bridgehead atoms. The molecule has 138 valence electrons. The first-order valence-corrected chi connectivity index (χ1v) is 8.42. The van der Waals surface area contributed by atoms with Crippen LogP contribution in [0.25, 0.3) is 0 Å². The zero-order chi connectivity index (χ0) is 18.9. The molecule has 2 N–H and O–H groups in total. The molecule has 0 saturated carbocycles. The fourth-order valence-electron chi connectivity index (χ4n) is 2.26. The van der Waals surface area contributed by atoms with Crippen LogP contribution < -0.4 is 10.6 Å². The number of esters is 1. The van der Waals surface area contributed by atoms with Crippen LogP contribution in [0.2, 0.25) is 0 Å². The lowest BCUT2D eigenvalue weighted by atomic mass is 10.1. The summed E-state index contributed by atoms with van der Waals surface area (Å²) in [6.07, 6.45) is 3.10. The summed E-state index contributed by atoms with van der Waals surface area (Å²) < 4.78 is 5.07. The zero-order valence-electron chi connectivity index (χ0n) is 15.3. The van der Waals surface area contributed by atoms with Crippen LogP contribution in [0.15, 0.2) is 42.7 Å². The molecule has 0 saturated heterocycles. The highest BCUT2D eigenvalue weighted by molar-refractivity contribution is 5.97. The molecule has 0 aliphatic carbocycles. The highest BCUT2D eigenvalue weighted by atomic mass is 16.5. The Morgan fingerprint density at radius 1 is 1.19 bits per heavy atom. The van der Waals surface area contributed by atoms with Crippen LogP contribution in [0.1, 0.15) is 27.6 Å². The lowest BCUT2D eigenvalue weighted by Gasteiger charge is -2.13. The minimum atomic E-state index is -0.402. The standard InChI is InChI=1S/C19H24N4O3/c1-4-26-19(25)16-7-5-6-8-17(16)22-15-11-14(12-20-13-15)18(24)21-9-10-23(2)3/h5-8,11-13,22H,4,9-10H2,1-3H3,(H,21,24). The number of carbonyl (C=O) groups excluding carboxylic acids is 2. The maximum absolute atomic E-state index is 12.2. The Morgan fingerprint density at radius 2 is 1.96 bits per heavy atom. The molecule has 1 aromatic heterocycles. The Balaban J connectivity index is 2.12. The molecule has 1 aromatic carbocycles. The van der Waals surface area contributed by atoms with E-state index in [2.05, 4.69) is 15.6 Å². The third-order valence-corrected chi connectivity index (χ3v) is 3.55. The molecule has 0 aliphatic rings. The number of para-hydroxylation sites is 1. The summed E-state index contributed by atoms with van der Waals surface area (Å²) in [7, 11) is 3.89. The van der Waals surface area contributed by atoms with E-state index in [1.165, 1.54) is 6.20 Å². The molecule has 0 aliphatic heterocycles. The van der Waals surface area contributed by atoms with Gasteiger partial charge in [-0.1, -0.05) is 12.1 Å². The van der Waals surface area contributed by atoms with Gasteiger partial charge >= 0.3 is 5.97 Å². The molecule has 2 rings (SSSR count). The van der Waals surface area contributed by atoms with Crippen LogP contribution in [0.3, 0.4) is 0 Å². The summed E-state index contributed by atoms with van der Waals surface area (Å²) in [6, 6.07) is 8.74. The molecular weight excluding hydrogens is 332 g/mol. The topological polar surface area (TPSA) is 83.6 Å². The quantitative estimate of drug-likeness (QED) is 0.706. The molecule has 1 heterocycles. The van der Waals surface area contributed by atoms with Gasteiger partial charge in [-0.05, 0) is 39.2 Å². The van der Waals surface area contributed by atoms with Gasteiger partial charge in [0, 0.05) is 19.3 Å². The minimum Gasteiger partial charge on any atom is -0.462 e. The van der Waals surface area contributed by atoms with E-state index in [-0.39, 0.29) is 5.91 Å². The number of aromatic nitrogens is 1. The van der Waals surface area contributed by atoms with Gasteiger partial charge in [-0.25, -0.2) is 4.79 Å². The van der Waals surface area contributed by atoms with Crippen molar-refractivity contribution in [2.45, 2.75) is 6.92 Å². The molecule has 7 nitrogen and oxygen atoms in total. The fraction of sp³-hybridized carbons (Fsp3) is 0.316. The van der Waals surface area contributed by atoms with E-state index in [1.807, 2.05) is 25.1 Å². The van der Waals surface area contributed by atoms with Gasteiger partial charge < -0.3 is 20.3 Å². The summed E-state index contributed by atoms with van der Waals surface area (Å²) in [5, 5.41) is 5.98. The van der Waals surface area contributed by atoms with Crippen molar-refractivity contribution in [3.05, 3.63) is 53.9 Å². The van der Waals surface area contributed by atoms with E-state index in [1.54, 1.807) is 37.4 Å². The van der Waals surface area contributed by atoms with Gasteiger partial charge in [-0.3, -0.25) is 9.78 Å². The highest BCUT2D eigenvalue weighted by Gasteiger charge is 2.13. The fourth-order valence-corrected chi connectivity index (χ4v) is 2.26. The normalized spacial score (nSPS) is 10.5. The van der Waals surface area contributed by atoms with Crippen molar-refractivity contribution in [1.29, 1.82) is 0 Å². The first-order chi connectivity index (χ1) is 12.5. The molecule has 0 atom stereocenters. The molecule has 2 aromatic rings. The largest absolute Gasteiger partial charge is 0.462 e. The SMILES string of the molecule is CCOC(=O)c1ccccc1Nc1cncc(C(=O)NCCN(C)C)c1. The minimum absolute atomic E-state index is 0.193. The Labute approximate surface area is 153 Å². The number of likely N-dealkylation sites (N-methyl/N-ethyl adjacent to an activating group) is 1. The maximum Gasteiger partial charge on any atom is 0.340 e. The Hall–Kier alpha value is -2.93. The molecule has 26 heavy (non-hydrogen) atoms. The number of ether oxygens (including phenoxy) is 1. The average Bonchev–Trinajstić information content (AvgIpc) is 2.62. The van der Waals surface area contributed by atoms with Crippen molar-refractivity contribution in [3.63, 3.8) is 0 Å². The summed E-state index contributed by atoms with van der Waals surface area (Å²) in [6.45, 7) is 3.37. The van der Waals surface area contributed by atoms with Gasteiger partial charge in [-0.2, -0.15) is 0 Å². The average molecular weight is 356 g/mol. The lowest BCUT2D eigenvalue weighted by molar-refractivity contribution is 0.0527. The molecule has 0 radical (unpaired) electrons. The number of anilines is 2. The van der Waals surface area contributed by atoms with E-state index < -0.39 is 5.97 Å². The van der Waals surface area contributed by atoms with Crippen molar-refractivity contribution < 1.29 is 14.3 Å². The molecule has 7 heteroatoms. The van der Waals surface area contributed by atoms with Gasteiger partial charge in [0.1, 0.15) is 0 Å². The summed E-state index contributed by atoms with van der Waals surface area (Å²) >= 11 is 0. The molecule has 0 fully saturated rings. The number of benzene rings is 1. The molecule has 1 amide bonds. The Bertz CT molecular complexity index is 762. The van der Waals surface area contributed by atoms with Crippen molar-refractivity contribution in [2.24, 2.45) is 0 Å². The number of carbonyl (C=O) groups is 2. The number of rotatable bonds is 8. The number of nitrogens with zero attached hydrogens (tertiary/aromatic N) is 2. The predicted octanol–water partition coefficient (Wildman–Crippen LogP) is 2.29. The van der Waals surface area contributed by atoms with Crippen LogP contribution in [0.5, 0.6) is 0 Å². The van der Waals surface area contributed by atoms with Gasteiger partial charge in [0.15, 0.2) is 0 Å². The number of hydrogen-bond donors (Lipinski definition) is 2. The summed E-state index contributed by atoms with van der Waals surface area (Å²) in [4.78, 5) is 30.4. The smallest absolute Gasteiger partial charge is 0.340 e. The summed E-state index contributed by atoms with van der Waals surface area (Å²) in [5.74, 6) is -0.595. The van der Waals surface area contributed by atoms with Crippen LogP contribution >= 0.6 is 0 Å². The first kappa shape index (κ1) is 19.4. The van der Waals surface area contributed by atoms with Crippen LogP contribution in [-0.4, -0.2) is 55.6 Å². The van der Waals surface area contributed by atoms with Gasteiger partial charge in [0.05, 0.1) is 35.3 Å². The van der Waals surface area contributed by atoms with Crippen molar-refractivity contribution in [3.8, 4) is 0 Å². The Morgan fingerprint density at radius 3 is 2.69 bits per heavy atom. The van der Waals surface area contributed by atoms with Crippen molar-refractivity contribution >= 4 is 23.3 Å². The highest BCUT2D eigenvalue weighted by Crippen LogP contribution is 2.21. The van der Waals surface area contributed by atoms with E-state index >= 15 is 0 Å². The second kappa shape index (κ2) is 9.53. The molecular formula is C19H24N4O3. The van der Waals surface area contributed by atoms with Crippen LogP contribution in [0.4, 0.5) is 11.4 Å². The van der Waals surface area contributed by atoms with Gasteiger partial charge in [0.2, 0.25) is 0 Å². The van der Waals surface area contributed by atoms with Crippen molar-refractivity contribution in [1.82, 2.24) is 15.2 Å². The van der Waals surface area contributed by atoms with Crippen molar-refractivity contribution in [2.75, 3.05) is 39.1 Å². The predicted molar refractivity (Wildman–Crippen MR) is 101 cm³/mol. The second-order valence-electron chi connectivity index (χ2n) is 5.91. The third kappa shape index (κ3) is 5.56. The molecule has 0 unspecified atom stereocenters. The zero-order valence-corrected chi connectivity index (χ0v) is 15.3. The molecule has 0 spiro atoms. The first-order valence-electron chi connectivity index (χ1n) is 8.42. The van der Waals surface area contributed by atoms with Crippen LogP contribution in [0, 0.1) is 0 Å².